The lowest BCUT2D eigenvalue weighted by molar-refractivity contribution is 0.415. The predicted molar refractivity (Wildman–Crippen MR) is 82.4 cm³/mol. The van der Waals surface area contributed by atoms with Crippen molar-refractivity contribution in [2.24, 2.45) is 0 Å². The van der Waals surface area contributed by atoms with Gasteiger partial charge >= 0.3 is 0 Å². The molecule has 0 aliphatic heterocycles. The number of H-pyrrole nitrogens is 1. The number of aromatic amines is 1. The van der Waals surface area contributed by atoms with Crippen LogP contribution in [0.5, 0.6) is 5.75 Å². The first kappa shape index (κ1) is 11.3. The number of rotatable bonds is 1. The Labute approximate surface area is 116 Å². The molecule has 2 aromatic carbocycles. The number of fused-ring (bicyclic) bond motifs is 5. The van der Waals surface area contributed by atoms with Crippen LogP contribution in [0.3, 0.4) is 0 Å². The zero-order chi connectivity index (χ0) is 13.7. The fourth-order valence-corrected chi connectivity index (χ4v) is 2.85. The lowest BCUT2D eigenvalue weighted by atomic mass is 10.1. The Morgan fingerprint density at radius 2 is 1.80 bits per heavy atom. The maximum atomic E-state index is 5.29. The second-order valence-electron chi connectivity index (χ2n) is 5.08. The van der Waals surface area contributed by atoms with E-state index in [1.807, 2.05) is 18.5 Å². The lowest BCUT2D eigenvalue weighted by Gasteiger charge is -2.03. The summed E-state index contributed by atoms with van der Waals surface area (Å²) in [7, 11) is 1.69. The van der Waals surface area contributed by atoms with Gasteiger partial charge in [-0.15, -0.1) is 0 Å². The van der Waals surface area contributed by atoms with Crippen molar-refractivity contribution in [2.75, 3.05) is 7.11 Å². The predicted octanol–water partition coefficient (Wildman–Crippen LogP) is 4.19. The van der Waals surface area contributed by atoms with Gasteiger partial charge in [0.25, 0.3) is 0 Å². The highest BCUT2D eigenvalue weighted by atomic mass is 16.5. The van der Waals surface area contributed by atoms with Gasteiger partial charge < -0.3 is 9.72 Å². The summed E-state index contributed by atoms with van der Waals surface area (Å²) in [5.41, 5.74) is 3.50. The molecule has 98 valence electrons. The Bertz CT molecular complexity index is 953. The number of nitrogens with one attached hydrogen (secondary N) is 1. The third kappa shape index (κ3) is 1.43. The standard InChI is InChI=1S/C17H14N2O/c1-10-8-18-9-15-14-5-3-11-7-12(20-2)4-6-13(11)17(14)19-16(10)15/h3-9,19H,1-2H3. The molecular weight excluding hydrogens is 248 g/mol. The van der Waals surface area contributed by atoms with E-state index in [9.17, 15) is 0 Å². The minimum absolute atomic E-state index is 0.880. The van der Waals surface area contributed by atoms with Gasteiger partial charge in [-0.2, -0.15) is 0 Å². The highest BCUT2D eigenvalue weighted by Gasteiger charge is 2.09. The molecule has 3 heteroatoms. The van der Waals surface area contributed by atoms with Crippen molar-refractivity contribution in [3.05, 3.63) is 48.3 Å². The van der Waals surface area contributed by atoms with Gasteiger partial charge in [-0.3, -0.25) is 4.98 Å². The van der Waals surface area contributed by atoms with Crippen LogP contribution >= 0.6 is 0 Å². The molecule has 0 radical (unpaired) electrons. The fraction of sp³-hybridized carbons (Fsp3) is 0.118. The average molecular weight is 262 g/mol. The van der Waals surface area contributed by atoms with E-state index in [0.29, 0.717) is 0 Å². The maximum Gasteiger partial charge on any atom is 0.119 e. The van der Waals surface area contributed by atoms with Crippen molar-refractivity contribution in [3.63, 3.8) is 0 Å². The summed E-state index contributed by atoms with van der Waals surface area (Å²) in [5.74, 6) is 0.880. The molecule has 0 aliphatic carbocycles. The largest absolute Gasteiger partial charge is 0.497 e. The van der Waals surface area contributed by atoms with Gasteiger partial charge in [-0.25, -0.2) is 0 Å². The van der Waals surface area contributed by atoms with Crippen molar-refractivity contribution < 1.29 is 4.74 Å². The van der Waals surface area contributed by atoms with Gasteiger partial charge in [0.1, 0.15) is 5.75 Å². The van der Waals surface area contributed by atoms with Crippen LogP contribution in [-0.2, 0) is 0 Å². The summed E-state index contributed by atoms with van der Waals surface area (Å²) in [4.78, 5) is 7.85. The van der Waals surface area contributed by atoms with Gasteiger partial charge in [-0.1, -0.05) is 12.1 Å². The molecule has 0 unspecified atom stereocenters. The van der Waals surface area contributed by atoms with Gasteiger partial charge in [-0.05, 0) is 36.1 Å². The number of hydrogen-bond donors (Lipinski definition) is 1. The second-order valence-corrected chi connectivity index (χ2v) is 5.08. The number of ether oxygens (including phenoxy) is 1. The summed E-state index contributed by atoms with van der Waals surface area (Å²) >= 11 is 0. The molecule has 0 saturated heterocycles. The first-order valence-electron chi connectivity index (χ1n) is 6.60. The number of aromatic nitrogens is 2. The number of pyridine rings is 1. The number of nitrogens with zero attached hydrogens (tertiary/aromatic N) is 1. The van der Waals surface area contributed by atoms with Crippen molar-refractivity contribution in [3.8, 4) is 5.75 Å². The molecule has 0 atom stereocenters. The van der Waals surface area contributed by atoms with Crippen LogP contribution in [0.25, 0.3) is 32.6 Å². The molecule has 0 spiro atoms. The first-order chi connectivity index (χ1) is 9.78. The topological polar surface area (TPSA) is 37.9 Å². The smallest absolute Gasteiger partial charge is 0.119 e. The van der Waals surface area contributed by atoms with Crippen LogP contribution in [-0.4, -0.2) is 17.1 Å². The highest BCUT2D eigenvalue weighted by molar-refractivity contribution is 6.17. The zero-order valence-corrected chi connectivity index (χ0v) is 11.4. The first-order valence-corrected chi connectivity index (χ1v) is 6.60. The van der Waals surface area contributed by atoms with Crippen molar-refractivity contribution in [1.29, 1.82) is 0 Å². The third-order valence-electron chi connectivity index (χ3n) is 3.90. The molecule has 20 heavy (non-hydrogen) atoms. The van der Waals surface area contributed by atoms with E-state index in [0.717, 1.165) is 11.3 Å². The van der Waals surface area contributed by atoms with Gasteiger partial charge in [0.15, 0.2) is 0 Å². The van der Waals surface area contributed by atoms with Gasteiger partial charge in [0.2, 0.25) is 0 Å². The van der Waals surface area contributed by atoms with E-state index < -0.39 is 0 Å². The summed E-state index contributed by atoms with van der Waals surface area (Å²) < 4.78 is 5.29. The molecule has 2 aromatic heterocycles. The molecule has 0 saturated carbocycles. The minimum Gasteiger partial charge on any atom is -0.497 e. The summed E-state index contributed by atoms with van der Waals surface area (Å²) in [6.07, 6.45) is 3.82. The van der Waals surface area contributed by atoms with Crippen LogP contribution in [0, 0.1) is 6.92 Å². The number of methoxy groups -OCH3 is 1. The molecule has 2 heterocycles. The van der Waals surface area contributed by atoms with Gasteiger partial charge in [0, 0.05) is 28.6 Å². The van der Waals surface area contributed by atoms with E-state index >= 15 is 0 Å². The molecule has 1 N–H and O–H groups in total. The van der Waals surface area contributed by atoms with Crippen molar-refractivity contribution >= 4 is 32.6 Å². The van der Waals surface area contributed by atoms with Crippen LogP contribution < -0.4 is 4.74 Å². The summed E-state index contributed by atoms with van der Waals surface area (Å²) in [5, 5.41) is 4.78. The van der Waals surface area contributed by atoms with Crippen LogP contribution in [0.2, 0.25) is 0 Å². The molecule has 0 fully saturated rings. The second kappa shape index (κ2) is 3.97. The lowest BCUT2D eigenvalue weighted by Crippen LogP contribution is -1.82. The maximum absolute atomic E-state index is 5.29. The molecule has 0 amide bonds. The highest BCUT2D eigenvalue weighted by Crippen LogP contribution is 2.33. The summed E-state index contributed by atoms with van der Waals surface area (Å²) in [6.45, 7) is 2.08. The fourth-order valence-electron chi connectivity index (χ4n) is 2.85. The molecular formula is C17H14N2O. The molecule has 4 rings (SSSR count). The van der Waals surface area contributed by atoms with Crippen molar-refractivity contribution in [1.82, 2.24) is 9.97 Å². The Morgan fingerprint density at radius 1 is 0.950 bits per heavy atom. The Hall–Kier alpha value is -2.55. The quantitative estimate of drug-likeness (QED) is 0.558. The number of hydrogen-bond acceptors (Lipinski definition) is 2. The average Bonchev–Trinajstić information content (AvgIpc) is 2.87. The van der Waals surface area contributed by atoms with Crippen molar-refractivity contribution in [2.45, 2.75) is 6.92 Å². The third-order valence-corrected chi connectivity index (χ3v) is 3.90. The molecule has 0 bridgehead atoms. The number of benzene rings is 2. The van der Waals surface area contributed by atoms with Crippen LogP contribution in [0.4, 0.5) is 0 Å². The van der Waals surface area contributed by atoms with E-state index in [1.165, 1.54) is 32.6 Å². The Morgan fingerprint density at radius 3 is 2.65 bits per heavy atom. The Kier molecular flexibility index (Phi) is 2.24. The molecule has 3 nitrogen and oxygen atoms in total. The molecule has 4 aromatic rings. The minimum atomic E-state index is 0.880. The molecule has 0 aliphatic rings. The Balaban J connectivity index is 2.19. The van der Waals surface area contributed by atoms with E-state index in [-0.39, 0.29) is 0 Å². The van der Waals surface area contributed by atoms with Gasteiger partial charge in [0.05, 0.1) is 18.1 Å². The SMILES string of the molecule is COc1ccc2c(ccc3c4cncc(C)c4[nH]c23)c1. The van der Waals surface area contributed by atoms with E-state index in [2.05, 4.69) is 41.2 Å². The van der Waals surface area contributed by atoms with E-state index in [4.69, 9.17) is 4.74 Å². The number of aryl methyl sites for hydroxylation is 1. The van der Waals surface area contributed by atoms with Crippen LogP contribution in [0.15, 0.2) is 42.7 Å². The summed E-state index contributed by atoms with van der Waals surface area (Å²) in [6, 6.07) is 10.4. The van der Waals surface area contributed by atoms with Crippen LogP contribution in [0.1, 0.15) is 5.56 Å². The monoisotopic (exact) mass is 262 g/mol. The van der Waals surface area contributed by atoms with E-state index in [1.54, 1.807) is 7.11 Å². The normalized spacial score (nSPS) is 11.5. The zero-order valence-electron chi connectivity index (χ0n) is 11.4.